The Morgan fingerprint density at radius 1 is 1.40 bits per heavy atom. The molecule has 3 nitrogen and oxygen atoms in total. The third-order valence-electron chi connectivity index (χ3n) is 2.37. The van der Waals surface area contributed by atoms with Crippen molar-refractivity contribution in [3.63, 3.8) is 0 Å². The van der Waals surface area contributed by atoms with Gasteiger partial charge in [0.25, 0.3) is 5.91 Å². The fraction of sp³-hybridized carbons (Fsp3) is 0.417. The summed E-state index contributed by atoms with van der Waals surface area (Å²) in [5, 5.41) is 5.94. The molecule has 0 aliphatic rings. The van der Waals surface area contributed by atoms with E-state index < -0.39 is 0 Å². The Morgan fingerprint density at radius 2 is 2.13 bits per heavy atom. The van der Waals surface area contributed by atoms with Gasteiger partial charge in [0, 0.05) is 24.8 Å². The van der Waals surface area contributed by atoms with Gasteiger partial charge in [-0.05, 0) is 31.0 Å². The highest BCUT2D eigenvalue weighted by Gasteiger charge is 2.09. The van der Waals surface area contributed by atoms with Crippen LogP contribution in [-0.2, 0) is 0 Å². The molecule has 82 valence electrons. The largest absolute Gasteiger partial charge is 0.385 e. The van der Waals surface area contributed by atoms with Crippen LogP contribution in [0.15, 0.2) is 18.2 Å². The number of rotatable bonds is 4. The lowest BCUT2D eigenvalue weighted by Gasteiger charge is -2.11. The van der Waals surface area contributed by atoms with E-state index >= 15 is 0 Å². The van der Waals surface area contributed by atoms with Crippen LogP contribution in [0.1, 0.15) is 29.3 Å². The molecule has 0 aromatic heterocycles. The van der Waals surface area contributed by atoms with E-state index in [-0.39, 0.29) is 5.91 Å². The van der Waals surface area contributed by atoms with Gasteiger partial charge in [0.1, 0.15) is 0 Å². The summed E-state index contributed by atoms with van der Waals surface area (Å²) in [4.78, 5) is 11.5. The molecular weight excluding hydrogens is 188 g/mol. The Kier molecular flexibility index (Phi) is 4.16. The summed E-state index contributed by atoms with van der Waals surface area (Å²) < 4.78 is 0. The minimum atomic E-state index is -0.0346. The highest BCUT2D eigenvalue weighted by Crippen LogP contribution is 2.18. The molecule has 0 saturated heterocycles. The average molecular weight is 206 g/mol. The zero-order valence-electron chi connectivity index (χ0n) is 9.55. The van der Waals surface area contributed by atoms with E-state index in [2.05, 4.69) is 17.6 Å². The van der Waals surface area contributed by atoms with E-state index in [9.17, 15) is 4.79 Å². The van der Waals surface area contributed by atoms with Crippen molar-refractivity contribution in [3.8, 4) is 0 Å². The zero-order chi connectivity index (χ0) is 11.3. The second kappa shape index (κ2) is 5.39. The molecule has 2 N–H and O–H groups in total. The van der Waals surface area contributed by atoms with E-state index in [1.54, 1.807) is 7.05 Å². The van der Waals surface area contributed by atoms with E-state index in [1.165, 1.54) is 0 Å². The fourth-order valence-electron chi connectivity index (χ4n) is 1.47. The number of carbonyl (C=O) groups is 1. The second-order valence-corrected chi connectivity index (χ2v) is 3.48. The van der Waals surface area contributed by atoms with Gasteiger partial charge in [-0.1, -0.05) is 13.0 Å². The molecule has 0 heterocycles. The Balaban J connectivity index is 2.95. The van der Waals surface area contributed by atoms with Crippen molar-refractivity contribution in [2.75, 3.05) is 18.9 Å². The van der Waals surface area contributed by atoms with E-state index in [4.69, 9.17) is 0 Å². The van der Waals surface area contributed by atoms with E-state index in [0.29, 0.717) is 0 Å². The Labute approximate surface area is 90.9 Å². The molecule has 0 saturated carbocycles. The van der Waals surface area contributed by atoms with Crippen LogP contribution in [0.4, 0.5) is 5.69 Å². The van der Waals surface area contributed by atoms with Gasteiger partial charge in [-0.25, -0.2) is 0 Å². The first-order valence-electron chi connectivity index (χ1n) is 5.26. The van der Waals surface area contributed by atoms with E-state index in [1.807, 2.05) is 25.1 Å². The Bertz CT molecular complexity index is 347. The molecule has 1 rings (SSSR count). The molecule has 3 heteroatoms. The highest BCUT2D eigenvalue weighted by molar-refractivity contribution is 5.96. The molecule has 0 radical (unpaired) electrons. The standard InChI is InChI=1S/C12H18N2O/c1-4-8-14-11-7-5-6-10(9(11)2)12(15)13-3/h5-7,14H,4,8H2,1-3H3,(H,13,15). The Hall–Kier alpha value is -1.51. The van der Waals surface area contributed by atoms with Crippen LogP contribution in [0, 0.1) is 6.92 Å². The van der Waals surface area contributed by atoms with Crippen molar-refractivity contribution in [2.24, 2.45) is 0 Å². The minimum absolute atomic E-state index is 0.0346. The smallest absolute Gasteiger partial charge is 0.251 e. The van der Waals surface area contributed by atoms with Crippen LogP contribution < -0.4 is 10.6 Å². The molecule has 0 unspecified atom stereocenters. The number of benzene rings is 1. The quantitative estimate of drug-likeness (QED) is 0.792. The van der Waals surface area contributed by atoms with Gasteiger partial charge in [-0.2, -0.15) is 0 Å². The summed E-state index contributed by atoms with van der Waals surface area (Å²) in [6, 6.07) is 5.73. The monoisotopic (exact) mass is 206 g/mol. The third kappa shape index (κ3) is 2.72. The van der Waals surface area contributed by atoms with Gasteiger partial charge in [-0.15, -0.1) is 0 Å². The Morgan fingerprint density at radius 3 is 2.73 bits per heavy atom. The van der Waals surface area contributed by atoms with Crippen molar-refractivity contribution in [1.82, 2.24) is 5.32 Å². The molecule has 1 amide bonds. The molecule has 0 fully saturated rings. The maximum absolute atomic E-state index is 11.5. The molecule has 0 atom stereocenters. The second-order valence-electron chi connectivity index (χ2n) is 3.48. The van der Waals surface area contributed by atoms with Gasteiger partial charge in [0.15, 0.2) is 0 Å². The predicted octanol–water partition coefficient (Wildman–Crippen LogP) is 2.18. The summed E-state index contributed by atoms with van der Waals surface area (Å²) in [6.45, 7) is 5.01. The molecule has 1 aromatic carbocycles. The first-order chi connectivity index (χ1) is 7.20. The van der Waals surface area contributed by atoms with Crippen molar-refractivity contribution in [1.29, 1.82) is 0 Å². The van der Waals surface area contributed by atoms with Crippen molar-refractivity contribution in [3.05, 3.63) is 29.3 Å². The average Bonchev–Trinajstić information content (AvgIpc) is 2.27. The molecule has 0 bridgehead atoms. The van der Waals surface area contributed by atoms with Gasteiger partial charge in [0.05, 0.1) is 0 Å². The van der Waals surface area contributed by atoms with Crippen LogP contribution in [0.25, 0.3) is 0 Å². The van der Waals surface area contributed by atoms with Crippen molar-refractivity contribution in [2.45, 2.75) is 20.3 Å². The summed E-state index contributed by atoms with van der Waals surface area (Å²) >= 11 is 0. The number of anilines is 1. The fourth-order valence-corrected chi connectivity index (χ4v) is 1.47. The molecule has 15 heavy (non-hydrogen) atoms. The number of amides is 1. The lowest BCUT2D eigenvalue weighted by atomic mass is 10.1. The summed E-state index contributed by atoms with van der Waals surface area (Å²) in [6.07, 6.45) is 1.07. The zero-order valence-corrected chi connectivity index (χ0v) is 9.55. The highest BCUT2D eigenvalue weighted by atomic mass is 16.1. The lowest BCUT2D eigenvalue weighted by Crippen LogP contribution is -2.19. The van der Waals surface area contributed by atoms with Crippen LogP contribution in [0.3, 0.4) is 0 Å². The predicted molar refractivity (Wildman–Crippen MR) is 63.3 cm³/mol. The SMILES string of the molecule is CCCNc1cccc(C(=O)NC)c1C. The number of hydrogen-bond donors (Lipinski definition) is 2. The molecule has 0 aliphatic carbocycles. The number of hydrogen-bond acceptors (Lipinski definition) is 2. The van der Waals surface area contributed by atoms with Crippen LogP contribution >= 0.6 is 0 Å². The van der Waals surface area contributed by atoms with Crippen LogP contribution in [0.5, 0.6) is 0 Å². The molecule has 1 aromatic rings. The first-order valence-corrected chi connectivity index (χ1v) is 5.26. The van der Waals surface area contributed by atoms with Crippen molar-refractivity contribution >= 4 is 11.6 Å². The molecule has 0 spiro atoms. The van der Waals surface area contributed by atoms with Crippen molar-refractivity contribution < 1.29 is 4.79 Å². The van der Waals surface area contributed by atoms with Crippen LogP contribution in [0.2, 0.25) is 0 Å². The summed E-state index contributed by atoms with van der Waals surface area (Å²) in [5.41, 5.74) is 2.78. The topological polar surface area (TPSA) is 41.1 Å². The normalized spacial score (nSPS) is 9.80. The summed E-state index contributed by atoms with van der Waals surface area (Å²) in [5.74, 6) is -0.0346. The van der Waals surface area contributed by atoms with Gasteiger partial charge >= 0.3 is 0 Å². The number of nitrogens with one attached hydrogen (secondary N) is 2. The molecular formula is C12H18N2O. The third-order valence-corrected chi connectivity index (χ3v) is 2.37. The maximum Gasteiger partial charge on any atom is 0.251 e. The minimum Gasteiger partial charge on any atom is -0.385 e. The van der Waals surface area contributed by atoms with Crippen LogP contribution in [-0.4, -0.2) is 19.5 Å². The first kappa shape index (κ1) is 11.6. The summed E-state index contributed by atoms with van der Waals surface area (Å²) in [7, 11) is 1.65. The van der Waals surface area contributed by atoms with Gasteiger partial charge < -0.3 is 10.6 Å². The van der Waals surface area contributed by atoms with Gasteiger partial charge in [0.2, 0.25) is 0 Å². The lowest BCUT2D eigenvalue weighted by molar-refractivity contribution is 0.0962. The van der Waals surface area contributed by atoms with E-state index in [0.717, 1.165) is 29.8 Å². The molecule has 0 aliphatic heterocycles. The maximum atomic E-state index is 11.5. The number of carbonyl (C=O) groups excluding carboxylic acids is 1. The van der Waals surface area contributed by atoms with Gasteiger partial charge in [-0.3, -0.25) is 4.79 Å².